The fourth-order valence-corrected chi connectivity index (χ4v) is 1.99. The van der Waals surface area contributed by atoms with Gasteiger partial charge in [-0.1, -0.05) is 27.7 Å². The summed E-state index contributed by atoms with van der Waals surface area (Å²) in [6.45, 7) is 10.8. The van der Waals surface area contributed by atoms with Crippen molar-refractivity contribution < 1.29 is 19.1 Å². The van der Waals surface area contributed by atoms with Gasteiger partial charge >= 0.3 is 11.9 Å². The van der Waals surface area contributed by atoms with Crippen molar-refractivity contribution in [1.82, 2.24) is 0 Å². The lowest BCUT2D eigenvalue weighted by Gasteiger charge is -2.20. The molecule has 0 heterocycles. The SMILES string of the molecule is CC(=O)Oc1cc(C(C)C)c(OC(C)=O)c(C(C)C)c1. The largest absolute Gasteiger partial charge is 0.427 e. The Hall–Kier alpha value is -1.84. The molecular formula is C16H22O4. The Balaban J connectivity index is 3.45. The molecule has 0 aliphatic rings. The highest BCUT2D eigenvalue weighted by atomic mass is 16.5. The molecule has 4 nitrogen and oxygen atoms in total. The van der Waals surface area contributed by atoms with E-state index in [-0.39, 0.29) is 23.8 Å². The smallest absolute Gasteiger partial charge is 0.308 e. The number of esters is 2. The highest BCUT2D eigenvalue weighted by Gasteiger charge is 2.19. The van der Waals surface area contributed by atoms with E-state index in [1.165, 1.54) is 13.8 Å². The lowest BCUT2D eigenvalue weighted by Crippen LogP contribution is -2.10. The Morgan fingerprint density at radius 1 is 0.850 bits per heavy atom. The lowest BCUT2D eigenvalue weighted by molar-refractivity contribution is -0.133. The molecule has 20 heavy (non-hydrogen) atoms. The van der Waals surface area contributed by atoms with E-state index < -0.39 is 0 Å². The van der Waals surface area contributed by atoms with Crippen molar-refractivity contribution in [2.45, 2.75) is 53.4 Å². The van der Waals surface area contributed by atoms with Crippen LogP contribution in [0, 0.1) is 0 Å². The van der Waals surface area contributed by atoms with Crippen LogP contribution >= 0.6 is 0 Å². The quantitative estimate of drug-likeness (QED) is 0.621. The van der Waals surface area contributed by atoms with Crippen LogP contribution in [0.1, 0.15) is 64.5 Å². The van der Waals surface area contributed by atoms with Crippen LogP contribution in [0.15, 0.2) is 12.1 Å². The first-order valence-electron chi connectivity index (χ1n) is 6.77. The zero-order valence-corrected chi connectivity index (χ0v) is 12.9. The summed E-state index contributed by atoms with van der Waals surface area (Å²) in [7, 11) is 0. The van der Waals surface area contributed by atoms with Crippen LogP contribution in [0.5, 0.6) is 11.5 Å². The Labute approximate surface area is 120 Å². The molecule has 0 N–H and O–H groups in total. The van der Waals surface area contributed by atoms with Gasteiger partial charge in [-0.2, -0.15) is 0 Å². The van der Waals surface area contributed by atoms with Gasteiger partial charge in [-0.3, -0.25) is 9.59 Å². The summed E-state index contributed by atoms with van der Waals surface area (Å²) in [5.74, 6) is 0.651. The molecule has 1 aromatic rings. The van der Waals surface area contributed by atoms with Crippen LogP contribution in [0.2, 0.25) is 0 Å². The van der Waals surface area contributed by atoms with Gasteiger partial charge in [-0.05, 0) is 24.0 Å². The number of rotatable bonds is 4. The second-order valence-corrected chi connectivity index (χ2v) is 5.43. The van der Waals surface area contributed by atoms with Gasteiger partial charge in [0, 0.05) is 25.0 Å². The molecule has 0 radical (unpaired) electrons. The monoisotopic (exact) mass is 278 g/mol. The molecule has 0 atom stereocenters. The third kappa shape index (κ3) is 4.08. The van der Waals surface area contributed by atoms with Crippen LogP contribution in [-0.2, 0) is 9.59 Å². The van der Waals surface area contributed by atoms with E-state index in [9.17, 15) is 9.59 Å². The Morgan fingerprint density at radius 2 is 1.25 bits per heavy atom. The predicted molar refractivity (Wildman–Crippen MR) is 77.2 cm³/mol. The third-order valence-corrected chi connectivity index (χ3v) is 2.87. The van der Waals surface area contributed by atoms with Crippen molar-refractivity contribution in [3.8, 4) is 11.5 Å². The van der Waals surface area contributed by atoms with Crippen LogP contribution in [-0.4, -0.2) is 11.9 Å². The summed E-state index contributed by atoms with van der Waals surface area (Å²) in [6, 6.07) is 3.52. The highest BCUT2D eigenvalue weighted by molar-refractivity contribution is 5.72. The van der Waals surface area contributed by atoms with E-state index in [1.54, 1.807) is 12.1 Å². The van der Waals surface area contributed by atoms with E-state index in [1.807, 2.05) is 27.7 Å². The maximum atomic E-state index is 11.3. The van der Waals surface area contributed by atoms with E-state index in [2.05, 4.69) is 0 Å². The molecule has 0 aliphatic heterocycles. The van der Waals surface area contributed by atoms with Crippen LogP contribution in [0.25, 0.3) is 0 Å². The molecule has 1 rings (SSSR count). The van der Waals surface area contributed by atoms with Gasteiger partial charge in [0.25, 0.3) is 0 Å². The number of ether oxygens (including phenoxy) is 2. The van der Waals surface area contributed by atoms with Gasteiger partial charge in [-0.25, -0.2) is 0 Å². The summed E-state index contributed by atoms with van der Waals surface area (Å²) in [6.07, 6.45) is 0. The fraction of sp³-hybridized carbons (Fsp3) is 0.500. The van der Waals surface area contributed by atoms with E-state index >= 15 is 0 Å². The van der Waals surface area contributed by atoms with Crippen molar-refractivity contribution >= 4 is 11.9 Å². The molecule has 0 unspecified atom stereocenters. The molecule has 0 saturated heterocycles. The Bertz CT molecular complexity index is 486. The molecule has 0 bridgehead atoms. The number of carbonyl (C=O) groups is 2. The third-order valence-electron chi connectivity index (χ3n) is 2.87. The first-order valence-corrected chi connectivity index (χ1v) is 6.77. The second kappa shape index (κ2) is 6.55. The molecular weight excluding hydrogens is 256 g/mol. The van der Waals surface area contributed by atoms with Crippen molar-refractivity contribution in [2.24, 2.45) is 0 Å². The molecule has 4 heteroatoms. The van der Waals surface area contributed by atoms with Crippen LogP contribution in [0.4, 0.5) is 0 Å². The molecule has 0 fully saturated rings. The number of hydrogen-bond acceptors (Lipinski definition) is 4. The van der Waals surface area contributed by atoms with Gasteiger partial charge in [-0.15, -0.1) is 0 Å². The van der Waals surface area contributed by atoms with Gasteiger partial charge in [0.05, 0.1) is 0 Å². The minimum absolute atomic E-state index is 0.150. The highest BCUT2D eigenvalue weighted by Crippen LogP contribution is 2.38. The van der Waals surface area contributed by atoms with Crippen molar-refractivity contribution in [2.75, 3.05) is 0 Å². The van der Waals surface area contributed by atoms with Crippen molar-refractivity contribution in [3.63, 3.8) is 0 Å². The Kier molecular flexibility index (Phi) is 5.31. The minimum atomic E-state index is -0.366. The maximum Gasteiger partial charge on any atom is 0.308 e. The van der Waals surface area contributed by atoms with Crippen molar-refractivity contribution in [1.29, 1.82) is 0 Å². The second-order valence-electron chi connectivity index (χ2n) is 5.43. The first-order chi connectivity index (χ1) is 9.22. The van der Waals surface area contributed by atoms with Gasteiger partial charge in [0.1, 0.15) is 11.5 Å². The molecule has 0 spiro atoms. The summed E-state index contributed by atoms with van der Waals surface area (Å²) >= 11 is 0. The van der Waals surface area contributed by atoms with Crippen molar-refractivity contribution in [3.05, 3.63) is 23.3 Å². The summed E-state index contributed by atoms with van der Waals surface area (Å²) in [4.78, 5) is 22.4. The minimum Gasteiger partial charge on any atom is -0.427 e. The molecule has 0 aromatic heterocycles. The number of benzene rings is 1. The molecule has 110 valence electrons. The maximum absolute atomic E-state index is 11.3. The number of carbonyl (C=O) groups excluding carboxylic acids is 2. The van der Waals surface area contributed by atoms with Gasteiger partial charge < -0.3 is 9.47 Å². The zero-order chi connectivity index (χ0) is 15.4. The summed E-state index contributed by atoms with van der Waals surface area (Å²) in [5, 5.41) is 0. The number of hydrogen-bond donors (Lipinski definition) is 0. The van der Waals surface area contributed by atoms with Crippen LogP contribution < -0.4 is 9.47 Å². The van der Waals surface area contributed by atoms with E-state index in [4.69, 9.17) is 9.47 Å². The summed E-state index contributed by atoms with van der Waals surface area (Å²) < 4.78 is 10.6. The summed E-state index contributed by atoms with van der Waals surface area (Å²) in [5.41, 5.74) is 1.73. The Morgan fingerprint density at radius 3 is 1.55 bits per heavy atom. The molecule has 1 aromatic carbocycles. The topological polar surface area (TPSA) is 52.6 Å². The van der Waals surface area contributed by atoms with E-state index in [0.717, 1.165) is 11.1 Å². The van der Waals surface area contributed by atoms with E-state index in [0.29, 0.717) is 11.5 Å². The van der Waals surface area contributed by atoms with Gasteiger partial charge in [0.2, 0.25) is 0 Å². The normalized spacial score (nSPS) is 10.8. The van der Waals surface area contributed by atoms with Crippen LogP contribution in [0.3, 0.4) is 0 Å². The fourth-order valence-electron chi connectivity index (χ4n) is 1.99. The zero-order valence-electron chi connectivity index (χ0n) is 12.9. The lowest BCUT2D eigenvalue weighted by atomic mass is 9.93. The average Bonchev–Trinajstić information content (AvgIpc) is 2.28. The van der Waals surface area contributed by atoms with Gasteiger partial charge in [0.15, 0.2) is 0 Å². The predicted octanol–water partition coefficient (Wildman–Crippen LogP) is 3.78. The average molecular weight is 278 g/mol. The molecule has 0 amide bonds. The molecule has 0 saturated carbocycles. The molecule has 0 aliphatic carbocycles. The first kappa shape index (κ1) is 16.2. The standard InChI is InChI=1S/C16H22O4/c1-9(2)14-7-13(19-11(5)17)8-15(10(3)4)16(14)20-12(6)18/h7-10H,1-6H3.